The topological polar surface area (TPSA) is 83.6 Å². The molecule has 1 aliphatic heterocycles. The van der Waals surface area contributed by atoms with Crippen LogP contribution in [0.3, 0.4) is 0 Å². The molecule has 28 heavy (non-hydrogen) atoms. The molecule has 148 valence electrons. The van der Waals surface area contributed by atoms with E-state index in [0.29, 0.717) is 32.4 Å². The molecule has 2 amide bonds. The molecule has 10 heteroatoms. The van der Waals surface area contributed by atoms with E-state index in [1.54, 1.807) is 30.0 Å². The quantitative estimate of drug-likeness (QED) is 0.644. The number of nitrogens with one attached hydrogen (secondary N) is 1. The van der Waals surface area contributed by atoms with Crippen LogP contribution < -0.4 is 5.32 Å². The number of carbonyl (C=O) groups is 2. The Morgan fingerprint density at radius 2 is 1.89 bits per heavy atom. The highest BCUT2D eigenvalue weighted by Crippen LogP contribution is 2.29. The fraction of sp³-hybridized carbons (Fsp3) is 0.222. The molecule has 0 saturated carbocycles. The van der Waals surface area contributed by atoms with E-state index in [0.717, 1.165) is 5.56 Å². The van der Waals surface area contributed by atoms with Crippen LogP contribution in [0.1, 0.15) is 15.9 Å². The first-order chi connectivity index (χ1) is 13.3. The molecular weight excluding hydrogens is 443 g/mol. The van der Waals surface area contributed by atoms with Crippen LogP contribution in [0.25, 0.3) is 0 Å². The van der Waals surface area contributed by atoms with Crippen molar-refractivity contribution in [3.63, 3.8) is 0 Å². The first-order valence-corrected chi connectivity index (χ1v) is 11.6. The molecule has 1 aliphatic rings. The minimum Gasteiger partial charge on any atom is -0.354 e. The van der Waals surface area contributed by atoms with Crippen molar-refractivity contribution in [2.24, 2.45) is 0 Å². The first-order valence-electron chi connectivity index (χ1n) is 8.25. The van der Waals surface area contributed by atoms with Crippen LogP contribution in [-0.2, 0) is 20.6 Å². The number of thioether (sulfide) groups is 1. The average molecular weight is 459 g/mol. The van der Waals surface area contributed by atoms with Gasteiger partial charge in [-0.1, -0.05) is 41.4 Å². The van der Waals surface area contributed by atoms with E-state index >= 15 is 0 Å². The van der Waals surface area contributed by atoms with Gasteiger partial charge in [0.1, 0.15) is 11.4 Å². The molecule has 0 atom stereocenters. The minimum absolute atomic E-state index is 0.0665. The predicted octanol–water partition coefficient (Wildman–Crippen LogP) is 3.19. The number of benzene rings is 2. The lowest BCUT2D eigenvalue weighted by molar-refractivity contribution is -0.120. The maximum Gasteiger partial charge on any atom is 0.269 e. The van der Waals surface area contributed by atoms with Gasteiger partial charge in [0.05, 0.1) is 5.56 Å². The summed E-state index contributed by atoms with van der Waals surface area (Å²) in [4.78, 5) is 24.3. The fourth-order valence-electron chi connectivity index (χ4n) is 2.66. The van der Waals surface area contributed by atoms with E-state index in [2.05, 4.69) is 5.32 Å². The lowest BCUT2D eigenvalue weighted by atomic mass is 10.2. The van der Waals surface area contributed by atoms with Crippen molar-refractivity contribution in [3.05, 3.63) is 63.6 Å². The Kier molecular flexibility index (Phi) is 6.54. The number of sulfonamides is 1. The van der Waals surface area contributed by atoms with E-state index in [9.17, 15) is 18.0 Å². The van der Waals surface area contributed by atoms with Crippen molar-refractivity contribution in [1.82, 2.24) is 9.62 Å². The monoisotopic (exact) mass is 458 g/mol. The van der Waals surface area contributed by atoms with Crippen LogP contribution in [0.5, 0.6) is 0 Å². The number of hydrogen-bond acceptors (Lipinski definition) is 5. The summed E-state index contributed by atoms with van der Waals surface area (Å²) >= 11 is 13.5. The van der Waals surface area contributed by atoms with Crippen LogP contribution in [0.15, 0.2) is 47.4 Å². The van der Waals surface area contributed by atoms with Gasteiger partial charge in [-0.3, -0.25) is 9.59 Å². The molecule has 6 nitrogen and oxygen atoms in total. The number of fused-ring (bicyclic) bond motifs is 1. The molecule has 0 bridgehead atoms. The molecule has 2 aromatic carbocycles. The summed E-state index contributed by atoms with van der Waals surface area (Å²) in [5.41, 5.74) is 1.03. The molecule has 0 saturated heterocycles. The van der Waals surface area contributed by atoms with Gasteiger partial charge in [0.15, 0.2) is 0 Å². The summed E-state index contributed by atoms with van der Waals surface area (Å²) in [5.74, 6) is 0.0403. The van der Waals surface area contributed by atoms with Gasteiger partial charge in [-0.15, -0.1) is 0 Å². The van der Waals surface area contributed by atoms with Gasteiger partial charge in [0, 0.05) is 28.1 Å². The smallest absolute Gasteiger partial charge is 0.269 e. The van der Waals surface area contributed by atoms with Crippen molar-refractivity contribution in [2.45, 2.75) is 10.6 Å². The molecule has 1 heterocycles. The van der Waals surface area contributed by atoms with Crippen LogP contribution in [-0.4, -0.2) is 43.4 Å². The summed E-state index contributed by atoms with van der Waals surface area (Å²) in [6, 6.07) is 11.2. The zero-order valence-electron chi connectivity index (χ0n) is 14.5. The SMILES string of the molecule is O=C(CN1C(=O)c2ccccc2S1(=O)=O)NCCSCc1ccc(Cl)cc1Cl. The number of amides is 2. The molecule has 0 unspecified atom stereocenters. The second-order valence-electron chi connectivity index (χ2n) is 5.95. The molecule has 0 aromatic heterocycles. The summed E-state index contributed by atoms with van der Waals surface area (Å²) in [7, 11) is -3.98. The van der Waals surface area contributed by atoms with E-state index in [1.807, 2.05) is 6.07 Å². The summed E-state index contributed by atoms with van der Waals surface area (Å²) in [6.07, 6.45) is 0. The average Bonchev–Trinajstić information content (AvgIpc) is 2.84. The summed E-state index contributed by atoms with van der Waals surface area (Å²) < 4.78 is 25.4. The Morgan fingerprint density at radius 3 is 2.61 bits per heavy atom. The van der Waals surface area contributed by atoms with Crippen molar-refractivity contribution in [1.29, 1.82) is 0 Å². The first kappa shape index (κ1) is 21.0. The zero-order valence-corrected chi connectivity index (χ0v) is 17.7. The summed E-state index contributed by atoms with van der Waals surface area (Å²) in [5, 5.41) is 3.79. The lowest BCUT2D eigenvalue weighted by Crippen LogP contribution is -2.40. The van der Waals surface area contributed by atoms with Gasteiger partial charge in [-0.05, 0) is 29.8 Å². The molecule has 0 spiro atoms. The molecule has 0 fully saturated rings. The van der Waals surface area contributed by atoms with Gasteiger partial charge in [-0.25, -0.2) is 12.7 Å². The minimum atomic E-state index is -3.98. The standard InChI is InChI=1S/C18H16Cl2N2O4S2/c19-13-6-5-12(15(20)9-13)11-27-8-7-21-17(23)10-22-18(24)14-3-1-2-4-16(14)28(22,25)26/h1-6,9H,7-8,10-11H2,(H,21,23). The number of rotatable bonds is 7. The third-order valence-corrected chi connectivity index (χ3v) is 7.42. The number of nitrogens with zero attached hydrogens (tertiary/aromatic N) is 1. The van der Waals surface area contributed by atoms with Crippen molar-refractivity contribution in [2.75, 3.05) is 18.8 Å². The van der Waals surface area contributed by atoms with Crippen LogP contribution in [0.4, 0.5) is 0 Å². The predicted molar refractivity (Wildman–Crippen MR) is 110 cm³/mol. The fourth-order valence-corrected chi connectivity index (χ4v) is 5.60. The van der Waals surface area contributed by atoms with Crippen LogP contribution in [0.2, 0.25) is 10.0 Å². The Bertz CT molecular complexity index is 1030. The van der Waals surface area contributed by atoms with Crippen LogP contribution in [0, 0.1) is 0 Å². The Hall–Kier alpha value is -1.74. The maximum atomic E-state index is 12.4. The van der Waals surface area contributed by atoms with Gasteiger partial charge in [0.25, 0.3) is 15.9 Å². The largest absolute Gasteiger partial charge is 0.354 e. The molecule has 0 radical (unpaired) electrons. The van der Waals surface area contributed by atoms with E-state index < -0.39 is 28.4 Å². The van der Waals surface area contributed by atoms with Crippen molar-refractivity contribution < 1.29 is 18.0 Å². The lowest BCUT2D eigenvalue weighted by Gasteiger charge is -2.14. The van der Waals surface area contributed by atoms with E-state index in [1.165, 1.54) is 18.2 Å². The van der Waals surface area contributed by atoms with Crippen molar-refractivity contribution >= 4 is 56.8 Å². The van der Waals surface area contributed by atoms with E-state index in [4.69, 9.17) is 23.2 Å². The number of carbonyl (C=O) groups excluding carboxylic acids is 2. The molecule has 1 N–H and O–H groups in total. The van der Waals surface area contributed by atoms with Gasteiger partial charge >= 0.3 is 0 Å². The number of halogens is 2. The number of hydrogen-bond donors (Lipinski definition) is 1. The van der Waals surface area contributed by atoms with Gasteiger partial charge < -0.3 is 5.32 Å². The normalized spacial score (nSPS) is 14.8. The highest BCUT2D eigenvalue weighted by molar-refractivity contribution is 7.98. The molecule has 2 aromatic rings. The third kappa shape index (κ3) is 4.46. The highest BCUT2D eigenvalue weighted by atomic mass is 35.5. The maximum absolute atomic E-state index is 12.4. The Balaban J connectivity index is 1.47. The Labute approximate surface area is 177 Å². The summed E-state index contributed by atoms with van der Waals surface area (Å²) in [6.45, 7) is -0.201. The van der Waals surface area contributed by atoms with E-state index in [-0.39, 0.29) is 10.5 Å². The highest BCUT2D eigenvalue weighted by Gasteiger charge is 2.41. The molecular formula is C18H16Cl2N2O4S2. The molecule has 3 rings (SSSR count). The van der Waals surface area contributed by atoms with Gasteiger partial charge in [0.2, 0.25) is 5.91 Å². The zero-order chi connectivity index (χ0) is 20.3. The molecule has 0 aliphatic carbocycles. The van der Waals surface area contributed by atoms with Gasteiger partial charge in [-0.2, -0.15) is 11.8 Å². The second-order valence-corrected chi connectivity index (χ2v) is 9.73. The Morgan fingerprint density at radius 1 is 1.14 bits per heavy atom. The van der Waals surface area contributed by atoms with Crippen molar-refractivity contribution in [3.8, 4) is 0 Å². The second kappa shape index (κ2) is 8.73. The third-order valence-electron chi connectivity index (χ3n) is 4.04. The van der Waals surface area contributed by atoms with Crippen LogP contribution >= 0.6 is 35.0 Å².